The van der Waals surface area contributed by atoms with Crippen molar-refractivity contribution in [3.05, 3.63) is 68.1 Å². The minimum atomic E-state index is -0.480. The Balaban J connectivity index is 2.13. The first-order chi connectivity index (χ1) is 15.0. The van der Waals surface area contributed by atoms with Crippen molar-refractivity contribution in [2.24, 2.45) is 5.92 Å². The summed E-state index contributed by atoms with van der Waals surface area (Å²) in [5, 5.41) is 1.08. The maximum atomic E-state index is 13.3. The largest absolute Gasteiger partial charge is 0.462 e. The molecule has 2 aromatic rings. The number of benzene rings is 1. The van der Waals surface area contributed by atoms with Crippen LogP contribution in [0.25, 0.3) is 11.8 Å². The second-order valence-electron chi connectivity index (χ2n) is 8.34. The molecule has 1 aromatic carbocycles. The van der Waals surface area contributed by atoms with Gasteiger partial charge >= 0.3 is 5.97 Å². The number of hydrogen-bond donors (Lipinski definition) is 0. The molecule has 1 amide bonds. The SMILES string of the molecule is CCOC(=O)C1=C(C)N(CC(C)C)C(=O)C1=Cc1cc(C)n(-c2cc(Cl)cc(Cl)c2)c1C. The van der Waals surface area contributed by atoms with E-state index in [2.05, 4.69) is 0 Å². The standard InChI is InChI=1S/C25H28Cl2N2O3/c1-7-32-25(31)23-17(6)28(13-14(2)3)24(30)22(23)9-18-8-15(4)29(16(18)5)21-11-19(26)10-20(27)12-21/h8-12,14H,7,13H2,1-6H3. The number of nitrogens with zero attached hydrogens (tertiary/aromatic N) is 2. The van der Waals surface area contributed by atoms with Gasteiger partial charge in [0.2, 0.25) is 0 Å². The smallest absolute Gasteiger partial charge is 0.340 e. The lowest BCUT2D eigenvalue weighted by molar-refractivity contribution is -0.138. The molecule has 0 aliphatic carbocycles. The van der Waals surface area contributed by atoms with Gasteiger partial charge in [-0.1, -0.05) is 37.0 Å². The molecular formula is C25H28Cl2N2O3. The fraction of sp³-hybridized carbons (Fsp3) is 0.360. The number of carbonyl (C=O) groups excluding carboxylic acids is 2. The van der Waals surface area contributed by atoms with E-state index in [4.69, 9.17) is 27.9 Å². The molecule has 32 heavy (non-hydrogen) atoms. The van der Waals surface area contributed by atoms with Crippen molar-refractivity contribution in [1.82, 2.24) is 9.47 Å². The predicted octanol–water partition coefficient (Wildman–Crippen LogP) is 6.12. The number of aromatic nitrogens is 1. The third kappa shape index (κ3) is 4.64. The molecule has 1 aliphatic heterocycles. The number of carbonyl (C=O) groups is 2. The van der Waals surface area contributed by atoms with Crippen molar-refractivity contribution in [3.63, 3.8) is 0 Å². The number of allylic oxidation sites excluding steroid dienone is 1. The van der Waals surface area contributed by atoms with E-state index in [1.807, 2.05) is 50.5 Å². The van der Waals surface area contributed by atoms with Gasteiger partial charge in [-0.25, -0.2) is 4.79 Å². The summed E-state index contributed by atoms with van der Waals surface area (Å²) in [6, 6.07) is 7.34. The molecule has 1 aliphatic rings. The number of esters is 1. The first-order valence-corrected chi connectivity index (χ1v) is 11.4. The van der Waals surface area contributed by atoms with E-state index in [1.54, 1.807) is 30.9 Å². The summed E-state index contributed by atoms with van der Waals surface area (Å²) in [4.78, 5) is 27.7. The van der Waals surface area contributed by atoms with E-state index < -0.39 is 5.97 Å². The fourth-order valence-corrected chi connectivity index (χ4v) is 4.58. The Morgan fingerprint density at radius 3 is 2.28 bits per heavy atom. The molecule has 0 unspecified atom stereocenters. The normalized spacial score (nSPS) is 15.5. The van der Waals surface area contributed by atoms with Gasteiger partial charge < -0.3 is 14.2 Å². The monoisotopic (exact) mass is 474 g/mol. The van der Waals surface area contributed by atoms with Gasteiger partial charge in [-0.15, -0.1) is 0 Å². The average Bonchev–Trinajstić information content (AvgIpc) is 3.08. The van der Waals surface area contributed by atoms with Gasteiger partial charge in [0, 0.05) is 39.4 Å². The van der Waals surface area contributed by atoms with Crippen LogP contribution in [0, 0.1) is 19.8 Å². The molecule has 3 rings (SSSR count). The van der Waals surface area contributed by atoms with Gasteiger partial charge in [-0.3, -0.25) is 4.79 Å². The van der Waals surface area contributed by atoms with Crippen LogP contribution < -0.4 is 0 Å². The summed E-state index contributed by atoms with van der Waals surface area (Å²) in [5.41, 5.74) is 4.84. The minimum Gasteiger partial charge on any atom is -0.462 e. The van der Waals surface area contributed by atoms with Crippen LogP contribution in [0.2, 0.25) is 10.0 Å². The zero-order chi connectivity index (χ0) is 23.7. The Bertz CT molecular complexity index is 1120. The molecule has 7 heteroatoms. The predicted molar refractivity (Wildman–Crippen MR) is 129 cm³/mol. The zero-order valence-electron chi connectivity index (χ0n) is 19.3. The van der Waals surface area contributed by atoms with Crippen LogP contribution in [-0.4, -0.2) is 34.5 Å². The lowest BCUT2D eigenvalue weighted by atomic mass is 10.0. The van der Waals surface area contributed by atoms with E-state index in [9.17, 15) is 9.59 Å². The summed E-state index contributed by atoms with van der Waals surface area (Å²) >= 11 is 12.4. The number of ether oxygens (including phenoxy) is 1. The number of hydrogen-bond acceptors (Lipinski definition) is 3. The van der Waals surface area contributed by atoms with Crippen molar-refractivity contribution >= 4 is 41.2 Å². The highest BCUT2D eigenvalue weighted by Crippen LogP contribution is 2.34. The van der Waals surface area contributed by atoms with Crippen molar-refractivity contribution in [2.45, 2.75) is 41.5 Å². The summed E-state index contributed by atoms with van der Waals surface area (Å²) in [6.45, 7) is 12.3. The second-order valence-corrected chi connectivity index (χ2v) is 9.21. The van der Waals surface area contributed by atoms with Gasteiger partial charge in [0.25, 0.3) is 5.91 Å². The Morgan fingerprint density at radius 2 is 1.72 bits per heavy atom. The lowest BCUT2D eigenvalue weighted by Crippen LogP contribution is -2.28. The first kappa shape index (κ1) is 24.1. The van der Waals surface area contributed by atoms with Crippen LogP contribution in [0.15, 0.2) is 41.1 Å². The maximum absolute atomic E-state index is 13.3. The van der Waals surface area contributed by atoms with Crippen molar-refractivity contribution in [1.29, 1.82) is 0 Å². The molecule has 170 valence electrons. The Kier molecular flexibility index (Phi) is 7.21. The number of amides is 1. The summed E-state index contributed by atoms with van der Waals surface area (Å²) in [7, 11) is 0. The lowest BCUT2D eigenvalue weighted by Gasteiger charge is -2.19. The fourth-order valence-electron chi connectivity index (χ4n) is 4.07. The van der Waals surface area contributed by atoms with Crippen molar-refractivity contribution in [2.75, 3.05) is 13.2 Å². The van der Waals surface area contributed by atoms with E-state index in [0.29, 0.717) is 33.4 Å². The van der Waals surface area contributed by atoms with Crippen LogP contribution in [-0.2, 0) is 14.3 Å². The Morgan fingerprint density at radius 1 is 1.09 bits per heavy atom. The highest BCUT2D eigenvalue weighted by Gasteiger charge is 2.37. The molecule has 0 spiro atoms. The van der Waals surface area contributed by atoms with Gasteiger partial charge in [-0.2, -0.15) is 0 Å². The van der Waals surface area contributed by atoms with Crippen molar-refractivity contribution in [3.8, 4) is 5.69 Å². The molecule has 0 N–H and O–H groups in total. The van der Waals surface area contributed by atoms with Crippen LogP contribution in [0.4, 0.5) is 0 Å². The van der Waals surface area contributed by atoms with E-state index in [1.165, 1.54) is 0 Å². The van der Waals surface area contributed by atoms with Gasteiger partial charge in [0.1, 0.15) is 0 Å². The molecule has 0 radical (unpaired) electrons. The quantitative estimate of drug-likeness (QED) is 0.374. The third-order valence-corrected chi connectivity index (χ3v) is 5.85. The first-order valence-electron chi connectivity index (χ1n) is 10.6. The summed E-state index contributed by atoms with van der Waals surface area (Å²) < 4.78 is 7.29. The molecule has 0 fully saturated rings. The van der Waals surface area contributed by atoms with E-state index in [-0.39, 0.29) is 18.4 Å². The third-order valence-electron chi connectivity index (χ3n) is 5.41. The van der Waals surface area contributed by atoms with Crippen LogP contribution in [0.1, 0.15) is 44.6 Å². The van der Waals surface area contributed by atoms with Gasteiger partial charge in [0.15, 0.2) is 0 Å². The molecule has 0 saturated heterocycles. The Labute approximate surface area is 199 Å². The van der Waals surface area contributed by atoms with Crippen LogP contribution >= 0.6 is 23.2 Å². The van der Waals surface area contributed by atoms with E-state index in [0.717, 1.165) is 22.6 Å². The molecule has 0 bridgehead atoms. The summed E-state index contributed by atoms with van der Waals surface area (Å²) in [6.07, 6.45) is 1.78. The number of rotatable bonds is 6. The molecule has 0 saturated carbocycles. The van der Waals surface area contributed by atoms with E-state index >= 15 is 0 Å². The highest BCUT2D eigenvalue weighted by molar-refractivity contribution is 6.34. The summed E-state index contributed by atoms with van der Waals surface area (Å²) in [5.74, 6) is -0.407. The van der Waals surface area contributed by atoms with Gasteiger partial charge in [-0.05, 0) is 69.5 Å². The van der Waals surface area contributed by atoms with Gasteiger partial charge in [0.05, 0.1) is 17.8 Å². The van der Waals surface area contributed by atoms with Crippen LogP contribution in [0.3, 0.4) is 0 Å². The molecule has 2 heterocycles. The number of aryl methyl sites for hydroxylation is 1. The van der Waals surface area contributed by atoms with Crippen LogP contribution in [0.5, 0.6) is 0 Å². The highest BCUT2D eigenvalue weighted by atomic mass is 35.5. The maximum Gasteiger partial charge on any atom is 0.340 e. The Hall–Kier alpha value is -2.50. The molecule has 5 nitrogen and oxygen atoms in total. The minimum absolute atomic E-state index is 0.185. The molecular weight excluding hydrogens is 447 g/mol. The average molecular weight is 475 g/mol. The molecule has 0 atom stereocenters. The number of halogens is 2. The molecule has 1 aromatic heterocycles. The topological polar surface area (TPSA) is 51.5 Å². The second kappa shape index (κ2) is 9.55. The zero-order valence-corrected chi connectivity index (χ0v) is 20.8. The van der Waals surface area contributed by atoms with Crippen molar-refractivity contribution < 1.29 is 14.3 Å².